The van der Waals surface area contributed by atoms with E-state index in [0.29, 0.717) is 5.17 Å². The second kappa shape index (κ2) is 7.22. The van der Waals surface area contributed by atoms with Crippen molar-refractivity contribution in [3.63, 3.8) is 0 Å². The molecule has 0 spiro atoms. The van der Waals surface area contributed by atoms with Gasteiger partial charge in [0.25, 0.3) is 0 Å². The Morgan fingerprint density at radius 2 is 1.61 bits per heavy atom. The first-order valence-corrected chi connectivity index (χ1v) is 8.88. The minimum atomic E-state index is 0.176. The number of para-hydroxylation sites is 1. The lowest BCUT2D eigenvalue weighted by Gasteiger charge is -2.22. The molecule has 0 saturated carbocycles. The summed E-state index contributed by atoms with van der Waals surface area (Å²) >= 11 is 1.59. The Balaban J connectivity index is 2.13. The molecule has 2 rings (SSSR count). The van der Waals surface area contributed by atoms with Crippen molar-refractivity contribution in [1.29, 1.82) is 0 Å². The van der Waals surface area contributed by atoms with E-state index in [4.69, 9.17) is 5.73 Å². The lowest BCUT2D eigenvalue weighted by molar-refractivity contribution is 0.589. The van der Waals surface area contributed by atoms with E-state index >= 15 is 0 Å². The zero-order valence-electron chi connectivity index (χ0n) is 14.7. The molecule has 0 aliphatic carbocycles. The van der Waals surface area contributed by atoms with Crippen LogP contribution in [0.3, 0.4) is 0 Å². The molecule has 0 amide bonds. The molecule has 0 bridgehead atoms. The molecule has 0 aliphatic heterocycles. The molecule has 3 heteroatoms. The molecule has 0 heterocycles. The SMILES string of the molecule is Cc1cc(C(C)(C)C)cc(C)c1CSC(N)=Nc1ccccc1. The molecular weight excluding hydrogens is 300 g/mol. The van der Waals surface area contributed by atoms with Crippen molar-refractivity contribution in [1.82, 2.24) is 0 Å². The second-order valence-corrected chi connectivity index (χ2v) is 7.91. The normalized spacial score (nSPS) is 12.5. The summed E-state index contributed by atoms with van der Waals surface area (Å²) in [6.07, 6.45) is 0. The second-order valence-electron chi connectivity index (χ2n) is 6.91. The molecule has 0 aliphatic rings. The Bertz CT molecular complexity index is 674. The van der Waals surface area contributed by atoms with E-state index < -0.39 is 0 Å². The number of amidine groups is 1. The number of thioether (sulfide) groups is 1. The number of hydrogen-bond donors (Lipinski definition) is 1. The van der Waals surface area contributed by atoms with Crippen LogP contribution in [-0.2, 0) is 11.2 Å². The summed E-state index contributed by atoms with van der Waals surface area (Å²) in [6, 6.07) is 14.4. The predicted molar refractivity (Wildman–Crippen MR) is 104 cm³/mol. The number of rotatable bonds is 3. The van der Waals surface area contributed by atoms with Crippen LogP contribution in [0.15, 0.2) is 47.5 Å². The van der Waals surface area contributed by atoms with Gasteiger partial charge in [-0.05, 0) is 53.6 Å². The summed E-state index contributed by atoms with van der Waals surface area (Å²) in [5.74, 6) is 0.851. The van der Waals surface area contributed by atoms with Gasteiger partial charge >= 0.3 is 0 Å². The molecule has 0 unspecified atom stereocenters. The minimum absolute atomic E-state index is 0.176. The van der Waals surface area contributed by atoms with Crippen LogP contribution in [0.5, 0.6) is 0 Å². The van der Waals surface area contributed by atoms with Crippen LogP contribution in [0.4, 0.5) is 5.69 Å². The van der Waals surface area contributed by atoms with Crippen molar-refractivity contribution < 1.29 is 0 Å². The Labute approximate surface area is 144 Å². The van der Waals surface area contributed by atoms with Gasteiger partial charge < -0.3 is 5.73 Å². The molecule has 2 N–H and O–H groups in total. The highest BCUT2D eigenvalue weighted by atomic mass is 32.2. The maximum Gasteiger partial charge on any atom is 0.159 e. The summed E-state index contributed by atoms with van der Waals surface area (Å²) in [7, 11) is 0. The van der Waals surface area contributed by atoms with Gasteiger partial charge in [-0.15, -0.1) is 0 Å². The van der Waals surface area contributed by atoms with Gasteiger partial charge in [0.2, 0.25) is 0 Å². The fourth-order valence-electron chi connectivity index (χ4n) is 2.46. The zero-order valence-corrected chi connectivity index (χ0v) is 15.5. The first-order valence-electron chi connectivity index (χ1n) is 7.90. The molecule has 2 aromatic rings. The van der Waals surface area contributed by atoms with Crippen LogP contribution in [0.25, 0.3) is 0 Å². The average Bonchev–Trinajstić information content (AvgIpc) is 2.46. The summed E-state index contributed by atoms with van der Waals surface area (Å²) < 4.78 is 0. The van der Waals surface area contributed by atoms with E-state index in [1.54, 1.807) is 11.8 Å². The summed E-state index contributed by atoms with van der Waals surface area (Å²) in [5.41, 5.74) is 12.5. The lowest BCUT2D eigenvalue weighted by Crippen LogP contribution is -2.13. The maximum atomic E-state index is 6.07. The van der Waals surface area contributed by atoms with E-state index in [1.165, 1.54) is 22.3 Å². The molecule has 122 valence electrons. The maximum absolute atomic E-state index is 6.07. The van der Waals surface area contributed by atoms with Crippen molar-refractivity contribution >= 4 is 22.6 Å². The van der Waals surface area contributed by atoms with E-state index in [0.717, 1.165) is 11.4 Å². The number of aryl methyl sites for hydroxylation is 2. The summed E-state index contributed by atoms with van der Waals surface area (Å²) in [5, 5.41) is 0.606. The summed E-state index contributed by atoms with van der Waals surface area (Å²) in [6.45, 7) is 11.1. The van der Waals surface area contributed by atoms with Crippen LogP contribution in [-0.4, -0.2) is 5.17 Å². The molecule has 2 nitrogen and oxygen atoms in total. The molecule has 2 aromatic carbocycles. The third-order valence-electron chi connectivity index (χ3n) is 3.92. The Morgan fingerprint density at radius 1 is 1.04 bits per heavy atom. The van der Waals surface area contributed by atoms with Crippen LogP contribution in [0.2, 0.25) is 0 Å². The molecule has 23 heavy (non-hydrogen) atoms. The fourth-order valence-corrected chi connectivity index (χ4v) is 3.38. The smallest absolute Gasteiger partial charge is 0.159 e. The largest absolute Gasteiger partial charge is 0.378 e. The Morgan fingerprint density at radius 3 is 2.13 bits per heavy atom. The van der Waals surface area contributed by atoms with Gasteiger partial charge in [-0.2, -0.15) is 0 Å². The fraction of sp³-hybridized carbons (Fsp3) is 0.350. The highest BCUT2D eigenvalue weighted by Crippen LogP contribution is 2.29. The molecule has 0 aromatic heterocycles. The van der Waals surface area contributed by atoms with E-state index in [2.05, 4.69) is 51.7 Å². The van der Waals surface area contributed by atoms with Gasteiger partial charge in [0.15, 0.2) is 5.17 Å². The quantitative estimate of drug-likeness (QED) is 0.599. The van der Waals surface area contributed by atoms with E-state index in [-0.39, 0.29) is 5.41 Å². The minimum Gasteiger partial charge on any atom is -0.378 e. The molecule has 0 radical (unpaired) electrons. The predicted octanol–water partition coefficient (Wildman–Crippen LogP) is 5.48. The van der Waals surface area contributed by atoms with E-state index in [9.17, 15) is 0 Å². The zero-order chi connectivity index (χ0) is 17.0. The van der Waals surface area contributed by atoms with Crippen molar-refractivity contribution in [2.75, 3.05) is 0 Å². The van der Waals surface area contributed by atoms with Gasteiger partial charge in [0.05, 0.1) is 5.69 Å². The van der Waals surface area contributed by atoms with Crippen LogP contribution < -0.4 is 5.73 Å². The third-order valence-corrected chi connectivity index (χ3v) is 4.74. The van der Waals surface area contributed by atoms with Gasteiger partial charge in [0.1, 0.15) is 0 Å². The standard InChI is InChI=1S/C20H26N2S/c1-14-11-16(20(3,4)5)12-15(2)18(14)13-23-19(21)22-17-9-7-6-8-10-17/h6-12H,13H2,1-5H3,(H2,21,22). The van der Waals surface area contributed by atoms with Crippen molar-refractivity contribution in [2.45, 2.75) is 45.8 Å². The number of aliphatic imine (C=N–C) groups is 1. The van der Waals surface area contributed by atoms with Gasteiger partial charge in [-0.3, -0.25) is 0 Å². The van der Waals surface area contributed by atoms with Crippen LogP contribution >= 0.6 is 11.8 Å². The number of nitrogens with zero attached hydrogens (tertiary/aromatic N) is 1. The lowest BCUT2D eigenvalue weighted by atomic mass is 9.84. The van der Waals surface area contributed by atoms with Crippen molar-refractivity contribution in [3.8, 4) is 0 Å². The third kappa shape index (κ3) is 4.87. The topological polar surface area (TPSA) is 38.4 Å². The average molecular weight is 327 g/mol. The molecule has 0 saturated heterocycles. The molecule has 0 fully saturated rings. The Kier molecular flexibility index (Phi) is 5.53. The van der Waals surface area contributed by atoms with Crippen molar-refractivity contribution in [2.24, 2.45) is 10.7 Å². The molecular formula is C20H26N2S. The van der Waals surface area contributed by atoms with Gasteiger partial charge in [0, 0.05) is 5.75 Å². The van der Waals surface area contributed by atoms with Crippen LogP contribution in [0.1, 0.15) is 43.0 Å². The van der Waals surface area contributed by atoms with Crippen LogP contribution in [0, 0.1) is 13.8 Å². The highest BCUT2D eigenvalue weighted by Gasteiger charge is 2.16. The molecule has 0 atom stereocenters. The Hall–Kier alpha value is -1.74. The first kappa shape index (κ1) is 17.6. The number of hydrogen-bond acceptors (Lipinski definition) is 2. The summed E-state index contributed by atoms with van der Waals surface area (Å²) in [4.78, 5) is 4.45. The monoisotopic (exact) mass is 326 g/mol. The van der Waals surface area contributed by atoms with Crippen molar-refractivity contribution in [3.05, 3.63) is 64.7 Å². The van der Waals surface area contributed by atoms with E-state index in [1.807, 2.05) is 30.3 Å². The first-order chi connectivity index (χ1) is 10.8. The van der Waals surface area contributed by atoms with Gasteiger partial charge in [-0.25, -0.2) is 4.99 Å². The number of benzene rings is 2. The number of nitrogens with two attached hydrogens (primary N) is 1. The van der Waals surface area contributed by atoms with Gasteiger partial charge in [-0.1, -0.05) is 62.9 Å². The highest BCUT2D eigenvalue weighted by molar-refractivity contribution is 8.13.